The maximum Gasteiger partial charge on any atom is 0.242 e. The molecule has 0 saturated carbocycles. The Morgan fingerprint density at radius 3 is 2.21 bits per heavy atom. The lowest BCUT2D eigenvalue weighted by molar-refractivity contribution is 0.518. The molecule has 0 aliphatic heterocycles. The Balaban J connectivity index is 1.61. The third-order valence-electron chi connectivity index (χ3n) is 5.29. The van der Waals surface area contributed by atoms with Crippen LogP contribution in [0.15, 0.2) is 90.0 Å². The molecule has 0 saturated heterocycles. The first-order chi connectivity index (χ1) is 15.9. The lowest BCUT2D eigenvalue weighted by Crippen LogP contribution is -2.24. The minimum Gasteiger partial charge on any atom is -0.308 e. The molecule has 0 aliphatic carbocycles. The van der Waals surface area contributed by atoms with Crippen molar-refractivity contribution in [2.24, 2.45) is 0 Å². The van der Waals surface area contributed by atoms with E-state index in [2.05, 4.69) is 5.32 Å². The van der Waals surface area contributed by atoms with Crippen molar-refractivity contribution >= 4 is 10.0 Å². The van der Waals surface area contributed by atoms with Gasteiger partial charge in [0.15, 0.2) is 0 Å². The van der Waals surface area contributed by atoms with Crippen LogP contribution in [-0.4, -0.2) is 36.6 Å². The van der Waals surface area contributed by atoms with Crippen LogP contribution in [0.5, 0.6) is 0 Å². The third kappa shape index (κ3) is 5.03. The van der Waals surface area contributed by atoms with E-state index < -0.39 is 10.0 Å². The maximum absolute atomic E-state index is 13.5. The van der Waals surface area contributed by atoms with Gasteiger partial charge in [0.1, 0.15) is 5.82 Å². The zero-order valence-corrected chi connectivity index (χ0v) is 19.3. The quantitative estimate of drug-likeness (QED) is 0.424. The lowest BCUT2D eigenvalue weighted by atomic mass is 10.1. The van der Waals surface area contributed by atoms with Gasteiger partial charge in [-0.05, 0) is 48.0 Å². The number of nitrogens with zero attached hydrogens (tertiary/aromatic N) is 3. The van der Waals surface area contributed by atoms with Gasteiger partial charge in [-0.25, -0.2) is 21.8 Å². The number of halogens is 1. The smallest absolute Gasteiger partial charge is 0.242 e. The number of hydrogen-bond acceptors (Lipinski definition) is 4. The molecule has 0 spiro atoms. The summed E-state index contributed by atoms with van der Waals surface area (Å²) < 4.78 is 41.8. The van der Waals surface area contributed by atoms with Gasteiger partial charge in [-0.15, -0.1) is 0 Å². The molecule has 170 valence electrons. The van der Waals surface area contributed by atoms with Crippen LogP contribution < -0.4 is 5.32 Å². The van der Waals surface area contributed by atoms with E-state index in [1.54, 1.807) is 35.0 Å². The van der Waals surface area contributed by atoms with Crippen molar-refractivity contribution in [3.8, 4) is 16.9 Å². The fourth-order valence-corrected chi connectivity index (χ4v) is 4.65. The normalized spacial score (nSPS) is 11.8. The van der Waals surface area contributed by atoms with Crippen molar-refractivity contribution in [1.29, 1.82) is 0 Å². The van der Waals surface area contributed by atoms with Crippen molar-refractivity contribution in [3.05, 3.63) is 102 Å². The number of rotatable bonds is 8. The fraction of sp³-hybridized carbons (Fsp3) is 0.160. The van der Waals surface area contributed by atoms with Gasteiger partial charge in [0.2, 0.25) is 10.0 Å². The van der Waals surface area contributed by atoms with Gasteiger partial charge in [0.05, 0.1) is 16.3 Å². The number of benzene rings is 3. The topological polar surface area (TPSA) is 67.2 Å². The molecular weight excluding hydrogens is 439 g/mol. The second-order valence-corrected chi connectivity index (χ2v) is 9.91. The molecule has 0 bridgehead atoms. The van der Waals surface area contributed by atoms with Gasteiger partial charge in [-0.3, -0.25) is 0 Å². The molecule has 33 heavy (non-hydrogen) atoms. The van der Waals surface area contributed by atoms with Crippen molar-refractivity contribution < 1.29 is 12.8 Å². The Hall–Kier alpha value is -3.33. The van der Waals surface area contributed by atoms with Gasteiger partial charge < -0.3 is 5.32 Å². The summed E-state index contributed by atoms with van der Waals surface area (Å²) in [7, 11) is -0.508. The van der Waals surface area contributed by atoms with Crippen LogP contribution in [-0.2, 0) is 23.1 Å². The molecule has 0 atom stereocenters. The summed E-state index contributed by atoms with van der Waals surface area (Å²) in [6.45, 7) is 0.818. The maximum atomic E-state index is 13.5. The zero-order chi connectivity index (χ0) is 23.4. The Morgan fingerprint density at radius 1 is 0.879 bits per heavy atom. The molecule has 8 heteroatoms. The molecule has 4 rings (SSSR count). The Bertz CT molecular complexity index is 1330. The predicted octanol–water partition coefficient (Wildman–Crippen LogP) is 4.22. The first kappa shape index (κ1) is 22.8. The fourth-order valence-electron chi connectivity index (χ4n) is 3.53. The number of sulfonamides is 1. The first-order valence-electron chi connectivity index (χ1n) is 10.5. The highest BCUT2D eigenvalue weighted by atomic mass is 32.2. The van der Waals surface area contributed by atoms with E-state index >= 15 is 0 Å². The largest absolute Gasteiger partial charge is 0.308 e. The van der Waals surface area contributed by atoms with Crippen molar-refractivity contribution in [1.82, 2.24) is 19.4 Å². The van der Waals surface area contributed by atoms with E-state index in [0.29, 0.717) is 18.7 Å². The van der Waals surface area contributed by atoms with Gasteiger partial charge in [0, 0.05) is 44.5 Å². The highest BCUT2D eigenvalue weighted by Crippen LogP contribution is 2.25. The van der Waals surface area contributed by atoms with Crippen LogP contribution >= 0.6 is 0 Å². The molecule has 1 N–H and O–H groups in total. The molecule has 3 aromatic carbocycles. The summed E-state index contributed by atoms with van der Waals surface area (Å²) in [4.78, 5) is 0.279. The summed E-state index contributed by atoms with van der Waals surface area (Å²) in [5, 5.41) is 8.08. The average Bonchev–Trinajstić information content (AvgIpc) is 3.24. The van der Waals surface area contributed by atoms with Crippen LogP contribution in [0, 0.1) is 5.82 Å². The molecule has 6 nitrogen and oxygen atoms in total. The van der Waals surface area contributed by atoms with Crippen molar-refractivity contribution in [2.45, 2.75) is 18.0 Å². The van der Waals surface area contributed by atoms with E-state index in [1.807, 2.05) is 42.6 Å². The molecular formula is C25H25FN4O2S. The molecule has 0 amide bonds. The van der Waals surface area contributed by atoms with E-state index in [0.717, 1.165) is 22.5 Å². The minimum atomic E-state index is -3.55. The van der Waals surface area contributed by atoms with Crippen LogP contribution in [0.3, 0.4) is 0 Å². The first-order valence-corrected chi connectivity index (χ1v) is 11.9. The number of nitrogens with one attached hydrogen (secondary N) is 1. The second kappa shape index (κ2) is 9.66. The van der Waals surface area contributed by atoms with Crippen LogP contribution in [0.4, 0.5) is 4.39 Å². The molecule has 1 heterocycles. The van der Waals surface area contributed by atoms with E-state index in [-0.39, 0.29) is 10.7 Å². The zero-order valence-electron chi connectivity index (χ0n) is 18.4. The standard InChI is InChI=1S/C25H25FN4O2S/c1-29(2)33(31,32)24-11-7-6-8-20(24)16-27-17-21-18-30(23-9-4-3-5-10-23)28-25(21)19-12-14-22(26)15-13-19/h3-15,18,27H,16-17H2,1-2H3. The highest BCUT2D eigenvalue weighted by molar-refractivity contribution is 7.89. The van der Waals surface area contributed by atoms with Gasteiger partial charge in [0.25, 0.3) is 0 Å². The SMILES string of the molecule is CN(C)S(=O)(=O)c1ccccc1CNCc1cn(-c2ccccc2)nc1-c1ccc(F)cc1. The van der Waals surface area contributed by atoms with E-state index in [1.165, 1.54) is 30.5 Å². The van der Waals surface area contributed by atoms with Gasteiger partial charge >= 0.3 is 0 Å². The van der Waals surface area contributed by atoms with Crippen LogP contribution in [0.25, 0.3) is 16.9 Å². The average molecular weight is 465 g/mol. The summed E-state index contributed by atoms with van der Waals surface area (Å²) in [6, 6.07) is 22.9. The van der Waals surface area contributed by atoms with E-state index in [9.17, 15) is 12.8 Å². The van der Waals surface area contributed by atoms with Crippen LogP contribution in [0.2, 0.25) is 0 Å². The number of aromatic nitrogens is 2. The second-order valence-electron chi connectivity index (χ2n) is 7.79. The molecule has 1 aromatic heterocycles. The monoisotopic (exact) mass is 464 g/mol. The predicted molar refractivity (Wildman–Crippen MR) is 127 cm³/mol. The van der Waals surface area contributed by atoms with Crippen LogP contribution in [0.1, 0.15) is 11.1 Å². The summed E-state index contributed by atoms with van der Waals surface area (Å²) >= 11 is 0. The molecule has 0 fully saturated rings. The van der Waals surface area contributed by atoms with Gasteiger partial charge in [-0.1, -0.05) is 36.4 Å². The molecule has 0 radical (unpaired) electrons. The number of hydrogen-bond donors (Lipinski definition) is 1. The molecule has 0 unspecified atom stereocenters. The Kier molecular flexibility index (Phi) is 6.69. The summed E-state index contributed by atoms with van der Waals surface area (Å²) in [5.74, 6) is -0.306. The third-order valence-corrected chi connectivity index (χ3v) is 7.21. The Morgan fingerprint density at radius 2 is 1.52 bits per heavy atom. The highest BCUT2D eigenvalue weighted by Gasteiger charge is 2.20. The minimum absolute atomic E-state index is 0.279. The molecule has 0 aliphatic rings. The van der Waals surface area contributed by atoms with Gasteiger partial charge in [-0.2, -0.15) is 5.10 Å². The summed E-state index contributed by atoms with van der Waals surface area (Å²) in [6.07, 6.45) is 1.93. The van der Waals surface area contributed by atoms with E-state index in [4.69, 9.17) is 5.10 Å². The lowest BCUT2D eigenvalue weighted by Gasteiger charge is -2.15. The molecule has 4 aromatic rings. The Labute approximate surface area is 193 Å². The number of para-hydroxylation sites is 1. The summed E-state index contributed by atoms with van der Waals surface area (Å²) in [5.41, 5.74) is 4.05. The van der Waals surface area contributed by atoms with Crippen molar-refractivity contribution in [2.75, 3.05) is 14.1 Å². The van der Waals surface area contributed by atoms with Crippen molar-refractivity contribution in [3.63, 3.8) is 0 Å².